The molecule has 0 unspecified atom stereocenters. The van der Waals surface area contributed by atoms with Crippen molar-refractivity contribution in [2.45, 2.75) is 50.7 Å². The van der Waals surface area contributed by atoms with Crippen LogP contribution in [0.5, 0.6) is 0 Å². The van der Waals surface area contributed by atoms with E-state index in [-0.39, 0.29) is 11.3 Å². The molecule has 0 fully saturated rings. The van der Waals surface area contributed by atoms with E-state index in [4.69, 9.17) is 9.47 Å². The molecule has 3 aromatic carbocycles. The molecule has 0 saturated carbocycles. The molecule has 204 valence electrons. The number of rotatable bonds is 7. The van der Waals surface area contributed by atoms with E-state index in [0.29, 0.717) is 5.52 Å². The molecule has 4 rings (SSSR count). The number of esters is 1. The third kappa shape index (κ3) is 6.31. The number of benzene rings is 3. The Morgan fingerprint density at radius 1 is 0.949 bits per heavy atom. The number of nitrogens with one attached hydrogen (secondary N) is 1. The molecular formula is C30H32N2O6S. The van der Waals surface area contributed by atoms with E-state index in [1.54, 1.807) is 63.4 Å². The maximum absolute atomic E-state index is 13.5. The number of carbonyl (C=O) groups is 2. The molecule has 0 radical (unpaired) electrons. The van der Waals surface area contributed by atoms with Gasteiger partial charge in [0.1, 0.15) is 11.6 Å². The molecule has 1 atom stereocenters. The van der Waals surface area contributed by atoms with Gasteiger partial charge in [0.15, 0.2) is 0 Å². The SMILES string of the molecule is COC(=O)[C@H](Cc1ccc(-c2cn(S(=O)(=O)c3ccc(C)cc3)c3ccccc23)cc1)NC(=O)OC(C)(C)C. The first-order valence-corrected chi connectivity index (χ1v) is 13.9. The van der Waals surface area contributed by atoms with Gasteiger partial charge in [-0.2, -0.15) is 0 Å². The maximum Gasteiger partial charge on any atom is 0.408 e. The van der Waals surface area contributed by atoms with Gasteiger partial charge in [-0.25, -0.2) is 22.0 Å². The number of hydrogen-bond donors (Lipinski definition) is 1. The average Bonchev–Trinajstić information content (AvgIpc) is 3.28. The second kappa shape index (κ2) is 10.9. The topological polar surface area (TPSA) is 104 Å². The van der Waals surface area contributed by atoms with Gasteiger partial charge in [-0.3, -0.25) is 0 Å². The monoisotopic (exact) mass is 548 g/mol. The molecule has 1 heterocycles. The van der Waals surface area contributed by atoms with E-state index >= 15 is 0 Å². The number of aryl methyl sites for hydroxylation is 1. The number of nitrogens with zero attached hydrogens (tertiary/aromatic N) is 1. The summed E-state index contributed by atoms with van der Waals surface area (Å²) >= 11 is 0. The number of ether oxygens (including phenoxy) is 2. The number of hydrogen-bond acceptors (Lipinski definition) is 6. The largest absolute Gasteiger partial charge is 0.467 e. The van der Waals surface area contributed by atoms with E-state index in [1.165, 1.54) is 11.1 Å². The molecule has 0 aliphatic rings. The summed E-state index contributed by atoms with van der Waals surface area (Å²) in [6, 6.07) is 20.6. The molecule has 1 N–H and O–H groups in total. The van der Waals surface area contributed by atoms with E-state index in [9.17, 15) is 18.0 Å². The molecule has 39 heavy (non-hydrogen) atoms. The van der Waals surface area contributed by atoms with E-state index in [0.717, 1.165) is 27.6 Å². The fourth-order valence-corrected chi connectivity index (χ4v) is 5.61. The standard InChI is InChI=1S/C30H32N2O6S/c1-20-10-16-23(17-11-20)39(35,36)32-19-25(24-8-6-7-9-27(24)32)22-14-12-21(13-15-22)18-26(28(33)37-5)31-29(34)38-30(2,3)4/h6-17,19,26H,18H2,1-5H3,(H,31,34)/t26-/m0/s1. The van der Waals surface area contributed by atoms with Crippen LogP contribution < -0.4 is 5.32 Å². The van der Waals surface area contributed by atoms with Crippen molar-refractivity contribution < 1.29 is 27.5 Å². The van der Waals surface area contributed by atoms with Crippen molar-refractivity contribution in [3.8, 4) is 11.1 Å². The first-order valence-electron chi connectivity index (χ1n) is 12.5. The summed E-state index contributed by atoms with van der Waals surface area (Å²) in [5, 5.41) is 3.37. The van der Waals surface area contributed by atoms with Crippen LogP contribution in [0, 0.1) is 6.92 Å². The van der Waals surface area contributed by atoms with Crippen molar-refractivity contribution in [3.63, 3.8) is 0 Å². The molecule has 0 aliphatic carbocycles. The quantitative estimate of drug-likeness (QED) is 0.308. The summed E-state index contributed by atoms with van der Waals surface area (Å²) in [7, 11) is -2.56. The minimum absolute atomic E-state index is 0.190. The second-order valence-corrected chi connectivity index (χ2v) is 12.1. The summed E-state index contributed by atoms with van der Waals surface area (Å²) in [4.78, 5) is 24.8. The van der Waals surface area contributed by atoms with Crippen LogP contribution in [0.15, 0.2) is 83.9 Å². The van der Waals surface area contributed by atoms with Crippen molar-refractivity contribution in [2.75, 3.05) is 7.11 Å². The molecule has 9 heteroatoms. The third-order valence-electron chi connectivity index (χ3n) is 6.14. The molecule has 8 nitrogen and oxygen atoms in total. The predicted octanol–water partition coefficient (Wildman–Crippen LogP) is 5.46. The fraction of sp³-hybridized carbons (Fsp3) is 0.267. The Morgan fingerprint density at radius 2 is 1.59 bits per heavy atom. The van der Waals surface area contributed by atoms with Gasteiger partial charge >= 0.3 is 12.1 Å². The zero-order chi connectivity index (χ0) is 28.4. The predicted molar refractivity (Wildman–Crippen MR) is 150 cm³/mol. The van der Waals surface area contributed by atoms with Crippen LogP contribution in [0.4, 0.5) is 4.79 Å². The molecule has 0 saturated heterocycles. The summed E-state index contributed by atoms with van der Waals surface area (Å²) in [5.74, 6) is -0.589. The molecule has 4 aromatic rings. The van der Waals surface area contributed by atoms with E-state index < -0.39 is 33.7 Å². The van der Waals surface area contributed by atoms with Gasteiger partial charge in [0.25, 0.3) is 10.0 Å². The lowest BCUT2D eigenvalue weighted by Gasteiger charge is -2.22. The van der Waals surface area contributed by atoms with Crippen LogP contribution in [0.1, 0.15) is 31.9 Å². The van der Waals surface area contributed by atoms with Crippen molar-refractivity contribution in [2.24, 2.45) is 0 Å². The highest BCUT2D eigenvalue weighted by Gasteiger charge is 2.26. The van der Waals surface area contributed by atoms with Gasteiger partial charge in [0, 0.05) is 23.6 Å². The lowest BCUT2D eigenvalue weighted by atomic mass is 10.0. The number of para-hydroxylation sites is 1. The minimum atomic E-state index is -3.82. The van der Waals surface area contributed by atoms with Crippen molar-refractivity contribution in [3.05, 3.63) is 90.1 Å². The van der Waals surface area contributed by atoms with Crippen molar-refractivity contribution in [1.29, 1.82) is 0 Å². The summed E-state index contributed by atoms with van der Waals surface area (Å²) in [5.41, 5.74) is 3.18. The zero-order valence-corrected chi connectivity index (χ0v) is 23.4. The van der Waals surface area contributed by atoms with Crippen LogP contribution in [0.25, 0.3) is 22.0 Å². The summed E-state index contributed by atoms with van der Waals surface area (Å²) < 4.78 is 38.5. The van der Waals surface area contributed by atoms with Gasteiger partial charge in [-0.15, -0.1) is 0 Å². The second-order valence-electron chi connectivity index (χ2n) is 10.3. The van der Waals surface area contributed by atoms with Gasteiger partial charge in [-0.05, 0) is 57.0 Å². The molecule has 0 aliphatic heterocycles. The van der Waals surface area contributed by atoms with Crippen molar-refractivity contribution >= 4 is 33.0 Å². The minimum Gasteiger partial charge on any atom is -0.467 e. The number of aromatic nitrogens is 1. The number of amides is 1. The molecule has 0 spiro atoms. The smallest absolute Gasteiger partial charge is 0.408 e. The van der Waals surface area contributed by atoms with Crippen molar-refractivity contribution in [1.82, 2.24) is 9.29 Å². The first-order chi connectivity index (χ1) is 18.4. The highest BCUT2D eigenvalue weighted by Crippen LogP contribution is 2.33. The number of methoxy groups -OCH3 is 1. The molecular weight excluding hydrogens is 516 g/mol. The Kier molecular flexibility index (Phi) is 7.83. The summed E-state index contributed by atoms with van der Waals surface area (Å²) in [6.45, 7) is 7.12. The first kappa shape index (κ1) is 27.9. The van der Waals surface area contributed by atoms with Gasteiger partial charge < -0.3 is 14.8 Å². The molecule has 0 bridgehead atoms. The van der Waals surface area contributed by atoms with Crippen LogP contribution in [0.3, 0.4) is 0 Å². The average molecular weight is 549 g/mol. The Morgan fingerprint density at radius 3 is 2.21 bits per heavy atom. The van der Waals surface area contributed by atoms with Crippen LogP contribution >= 0.6 is 0 Å². The Labute approximate surface area is 228 Å². The van der Waals surface area contributed by atoms with E-state index in [2.05, 4.69) is 5.32 Å². The van der Waals surface area contributed by atoms with Crippen LogP contribution in [-0.4, -0.2) is 43.2 Å². The number of carbonyl (C=O) groups excluding carboxylic acids is 2. The number of fused-ring (bicyclic) bond motifs is 1. The Balaban J connectivity index is 1.64. The van der Waals surface area contributed by atoms with Gasteiger partial charge in [-0.1, -0.05) is 60.2 Å². The van der Waals surface area contributed by atoms with E-state index in [1.807, 2.05) is 43.3 Å². The highest BCUT2D eigenvalue weighted by molar-refractivity contribution is 7.90. The normalized spacial score (nSPS) is 12.6. The Bertz CT molecular complexity index is 1600. The lowest BCUT2D eigenvalue weighted by molar-refractivity contribution is -0.143. The third-order valence-corrected chi connectivity index (χ3v) is 7.83. The van der Waals surface area contributed by atoms with Gasteiger partial charge in [0.2, 0.25) is 0 Å². The highest BCUT2D eigenvalue weighted by atomic mass is 32.2. The van der Waals surface area contributed by atoms with Crippen LogP contribution in [0.2, 0.25) is 0 Å². The fourth-order valence-electron chi connectivity index (χ4n) is 4.24. The molecule has 1 aromatic heterocycles. The lowest BCUT2D eigenvalue weighted by Crippen LogP contribution is -2.45. The Hall–Kier alpha value is -4.11. The van der Waals surface area contributed by atoms with Gasteiger partial charge in [0.05, 0.1) is 17.5 Å². The van der Waals surface area contributed by atoms with Crippen LogP contribution in [-0.2, 0) is 30.7 Å². The summed E-state index contributed by atoms with van der Waals surface area (Å²) in [6.07, 6.45) is 1.11. The maximum atomic E-state index is 13.5. The zero-order valence-electron chi connectivity index (χ0n) is 22.6. The molecule has 1 amide bonds. The number of alkyl carbamates (subject to hydrolysis) is 1.